The lowest BCUT2D eigenvalue weighted by Crippen LogP contribution is -1.94. The van der Waals surface area contributed by atoms with Crippen molar-refractivity contribution in [3.63, 3.8) is 0 Å². The second-order valence-corrected chi connectivity index (χ2v) is 5.25. The minimum Gasteiger partial charge on any atom is -0.504 e. The Bertz CT molecular complexity index is 660. The molecule has 108 valence electrons. The lowest BCUT2D eigenvalue weighted by molar-refractivity contribution is 0.104. The predicted octanol–water partition coefficient (Wildman–Crippen LogP) is 4.45. The van der Waals surface area contributed by atoms with Gasteiger partial charge in [-0.1, -0.05) is 28.1 Å². The second kappa shape index (κ2) is 7.09. The molecule has 4 heteroatoms. The van der Waals surface area contributed by atoms with Gasteiger partial charge in [-0.25, -0.2) is 0 Å². The highest BCUT2D eigenvalue weighted by Crippen LogP contribution is 2.30. The van der Waals surface area contributed by atoms with Gasteiger partial charge in [0.2, 0.25) is 0 Å². The Morgan fingerprint density at radius 3 is 2.62 bits per heavy atom. The molecule has 0 fully saturated rings. The van der Waals surface area contributed by atoms with Gasteiger partial charge in [0.25, 0.3) is 0 Å². The number of halogens is 1. The molecule has 0 radical (unpaired) electrons. The molecule has 3 nitrogen and oxygen atoms in total. The fourth-order valence-corrected chi connectivity index (χ4v) is 2.09. The van der Waals surface area contributed by atoms with Gasteiger partial charge >= 0.3 is 0 Å². The molecule has 2 rings (SSSR count). The van der Waals surface area contributed by atoms with Gasteiger partial charge in [0.05, 0.1) is 6.61 Å². The number of phenols is 1. The Morgan fingerprint density at radius 1 is 1.24 bits per heavy atom. The van der Waals surface area contributed by atoms with Crippen molar-refractivity contribution in [2.75, 3.05) is 6.61 Å². The number of carbonyl (C=O) groups is 1. The summed E-state index contributed by atoms with van der Waals surface area (Å²) in [6.07, 6.45) is 3.02. The number of benzene rings is 2. The van der Waals surface area contributed by atoms with E-state index in [1.165, 1.54) is 6.08 Å². The van der Waals surface area contributed by atoms with E-state index in [1.807, 2.05) is 19.1 Å². The van der Waals surface area contributed by atoms with E-state index in [4.69, 9.17) is 4.74 Å². The maximum Gasteiger partial charge on any atom is 0.185 e. The van der Waals surface area contributed by atoms with Crippen LogP contribution in [0.2, 0.25) is 0 Å². The molecule has 0 atom stereocenters. The number of para-hydroxylation sites is 1. The molecule has 0 aliphatic heterocycles. The van der Waals surface area contributed by atoms with Crippen LogP contribution in [0.3, 0.4) is 0 Å². The number of hydrogen-bond donors (Lipinski definition) is 1. The molecule has 2 aromatic rings. The number of carbonyl (C=O) groups excluding carboxylic acids is 1. The van der Waals surface area contributed by atoms with Crippen LogP contribution in [0.25, 0.3) is 6.08 Å². The van der Waals surface area contributed by atoms with Crippen molar-refractivity contribution in [2.24, 2.45) is 0 Å². The molecule has 0 bridgehead atoms. The summed E-state index contributed by atoms with van der Waals surface area (Å²) in [4.78, 5) is 12.0. The van der Waals surface area contributed by atoms with Crippen LogP contribution in [0.5, 0.6) is 11.5 Å². The number of allylic oxidation sites excluding steroid dienone is 1. The lowest BCUT2D eigenvalue weighted by atomic mass is 10.1. The Balaban J connectivity index is 2.19. The first kappa shape index (κ1) is 15.3. The van der Waals surface area contributed by atoms with E-state index in [0.29, 0.717) is 23.5 Å². The van der Waals surface area contributed by atoms with Gasteiger partial charge in [0.15, 0.2) is 17.3 Å². The highest BCUT2D eigenvalue weighted by Gasteiger charge is 2.06. The molecule has 0 saturated heterocycles. The van der Waals surface area contributed by atoms with Crippen LogP contribution in [-0.2, 0) is 0 Å². The molecule has 1 N–H and O–H groups in total. The summed E-state index contributed by atoms with van der Waals surface area (Å²) in [5, 5.41) is 10.0. The molecule has 0 aliphatic carbocycles. The van der Waals surface area contributed by atoms with Crippen molar-refractivity contribution >= 4 is 27.8 Å². The first-order valence-electron chi connectivity index (χ1n) is 6.54. The number of phenolic OH excluding ortho intramolecular Hbond substituents is 1. The number of hydrogen-bond acceptors (Lipinski definition) is 3. The van der Waals surface area contributed by atoms with Crippen LogP contribution >= 0.6 is 15.9 Å². The van der Waals surface area contributed by atoms with Crippen molar-refractivity contribution in [1.29, 1.82) is 0 Å². The van der Waals surface area contributed by atoms with Crippen LogP contribution in [0.15, 0.2) is 53.0 Å². The third-order valence-corrected chi connectivity index (χ3v) is 3.40. The minimum absolute atomic E-state index is 0.0409. The third kappa shape index (κ3) is 3.95. The Hall–Kier alpha value is -2.07. The van der Waals surface area contributed by atoms with Crippen molar-refractivity contribution in [3.05, 3.63) is 64.1 Å². The summed E-state index contributed by atoms with van der Waals surface area (Å²) >= 11 is 3.33. The van der Waals surface area contributed by atoms with E-state index in [0.717, 1.165) is 4.47 Å². The molecular weight excluding hydrogens is 332 g/mol. The molecule has 21 heavy (non-hydrogen) atoms. The van der Waals surface area contributed by atoms with Crippen LogP contribution in [0.4, 0.5) is 0 Å². The van der Waals surface area contributed by atoms with Gasteiger partial charge in [0, 0.05) is 15.6 Å². The molecule has 0 aromatic heterocycles. The molecule has 0 amide bonds. The average molecular weight is 347 g/mol. The van der Waals surface area contributed by atoms with Crippen LogP contribution in [0.1, 0.15) is 22.8 Å². The zero-order valence-electron chi connectivity index (χ0n) is 11.5. The van der Waals surface area contributed by atoms with E-state index in [9.17, 15) is 9.90 Å². The van der Waals surface area contributed by atoms with E-state index in [1.54, 1.807) is 36.4 Å². The SMILES string of the molecule is CCOc1cccc(C=CC(=O)c2ccc(Br)cc2)c1O. The van der Waals surface area contributed by atoms with Gasteiger partial charge in [-0.15, -0.1) is 0 Å². The topological polar surface area (TPSA) is 46.5 Å². The smallest absolute Gasteiger partial charge is 0.185 e. The van der Waals surface area contributed by atoms with Gasteiger partial charge in [-0.3, -0.25) is 4.79 Å². The van der Waals surface area contributed by atoms with Crippen LogP contribution in [0, 0.1) is 0 Å². The second-order valence-electron chi connectivity index (χ2n) is 4.33. The maximum absolute atomic E-state index is 12.0. The number of ketones is 1. The van der Waals surface area contributed by atoms with Crippen molar-refractivity contribution in [1.82, 2.24) is 0 Å². The van der Waals surface area contributed by atoms with Crippen molar-refractivity contribution < 1.29 is 14.6 Å². The van der Waals surface area contributed by atoms with Crippen LogP contribution < -0.4 is 4.74 Å². The summed E-state index contributed by atoms with van der Waals surface area (Å²) in [5.41, 5.74) is 1.14. The molecule has 0 saturated carbocycles. The number of aromatic hydroxyl groups is 1. The minimum atomic E-state index is -0.122. The van der Waals surface area contributed by atoms with E-state index in [-0.39, 0.29) is 11.5 Å². The number of ether oxygens (including phenoxy) is 1. The standard InChI is InChI=1S/C17H15BrO3/c1-2-21-16-5-3-4-13(17(16)20)8-11-15(19)12-6-9-14(18)10-7-12/h3-11,20H,2H2,1H3. The van der Waals surface area contributed by atoms with Gasteiger partial charge in [-0.05, 0) is 49.4 Å². The molecule has 0 heterocycles. The summed E-state index contributed by atoms with van der Waals surface area (Å²) in [6.45, 7) is 2.32. The predicted molar refractivity (Wildman–Crippen MR) is 86.8 cm³/mol. The zero-order valence-corrected chi connectivity index (χ0v) is 13.1. The fraction of sp³-hybridized carbons (Fsp3) is 0.118. The van der Waals surface area contributed by atoms with Gasteiger partial charge in [0.1, 0.15) is 0 Å². The van der Waals surface area contributed by atoms with E-state index >= 15 is 0 Å². The summed E-state index contributed by atoms with van der Waals surface area (Å²) in [7, 11) is 0. The normalized spacial score (nSPS) is 10.8. The van der Waals surface area contributed by atoms with Crippen molar-refractivity contribution in [2.45, 2.75) is 6.92 Å². The van der Waals surface area contributed by atoms with Gasteiger partial charge in [-0.2, -0.15) is 0 Å². The summed E-state index contributed by atoms with van der Waals surface area (Å²) in [6, 6.07) is 12.3. The first-order valence-corrected chi connectivity index (χ1v) is 7.34. The third-order valence-electron chi connectivity index (χ3n) is 2.87. The van der Waals surface area contributed by atoms with Crippen LogP contribution in [-0.4, -0.2) is 17.5 Å². The van der Waals surface area contributed by atoms with Gasteiger partial charge < -0.3 is 9.84 Å². The molecule has 0 aliphatic rings. The molecule has 2 aromatic carbocycles. The molecule has 0 unspecified atom stereocenters. The summed E-state index contributed by atoms with van der Waals surface area (Å²) < 4.78 is 6.23. The average Bonchev–Trinajstić information content (AvgIpc) is 2.49. The fourth-order valence-electron chi connectivity index (χ4n) is 1.82. The zero-order chi connectivity index (χ0) is 15.2. The first-order chi connectivity index (χ1) is 10.1. The Labute approximate surface area is 132 Å². The number of rotatable bonds is 5. The molecule has 0 spiro atoms. The van der Waals surface area contributed by atoms with E-state index in [2.05, 4.69) is 15.9 Å². The highest BCUT2D eigenvalue weighted by molar-refractivity contribution is 9.10. The maximum atomic E-state index is 12.0. The monoisotopic (exact) mass is 346 g/mol. The highest BCUT2D eigenvalue weighted by atomic mass is 79.9. The lowest BCUT2D eigenvalue weighted by Gasteiger charge is -2.07. The van der Waals surface area contributed by atoms with Crippen molar-refractivity contribution in [3.8, 4) is 11.5 Å². The Kier molecular flexibility index (Phi) is 5.17. The largest absolute Gasteiger partial charge is 0.504 e. The van der Waals surface area contributed by atoms with E-state index < -0.39 is 0 Å². The quantitative estimate of drug-likeness (QED) is 0.642. The Morgan fingerprint density at radius 2 is 1.95 bits per heavy atom. The summed E-state index contributed by atoms with van der Waals surface area (Å²) in [5.74, 6) is 0.332. The molecular formula is C17H15BrO3.